The average molecular weight is 309 g/mol. The molecule has 0 aromatic carbocycles. The zero-order valence-corrected chi connectivity index (χ0v) is 13.5. The van der Waals surface area contributed by atoms with Gasteiger partial charge in [-0.3, -0.25) is 4.68 Å². The van der Waals surface area contributed by atoms with E-state index in [2.05, 4.69) is 33.4 Å². The van der Waals surface area contributed by atoms with Gasteiger partial charge in [0.2, 0.25) is 0 Å². The molecule has 0 aliphatic carbocycles. The molecule has 0 saturated carbocycles. The molecular weight excluding hydrogens is 292 g/mol. The Morgan fingerprint density at radius 3 is 2.70 bits per heavy atom. The third kappa shape index (κ3) is 1.96. The summed E-state index contributed by atoms with van der Waals surface area (Å²) in [6, 6.07) is 2.34. The number of alkyl halides is 1. The summed E-state index contributed by atoms with van der Waals surface area (Å²) in [6.07, 6.45) is 0. The van der Waals surface area contributed by atoms with E-state index in [0.717, 1.165) is 22.7 Å². The summed E-state index contributed by atoms with van der Waals surface area (Å²) in [5.41, 5.74) is 4.19. The number of hydrogen-bond acceptors (Lipinski definition) is 3. The summed E-state index contributed by atoms with van der Waals surface area (Å²) in [6.45, 7) is 6.12. The summed E-state index contributed by atoms with van der Waals surface area (Å²) in [7, 11) is 1.95. The summed E-state index contributed by atoms with van der Waals surface area (Å²) < 4.78 is 4.10. The molecule has 20 heavy (non-hydrogen) atoms. The zero-order chi connectivity index (χ0) is 14.4. The first kappa shape index (κ1) is 13.6. The van der Waals surface area contributed by atoms with Gasteiger partial charge in [-0.1, -0.05) is 0 Å². The fourth-order valence-electron chi connectivity index (χ4n) is 2.64. The topological polar surface area (TPSA) is 35.6 Å². The van der Waals surface area contributed by atoms with Gasteiger partial charge in [-0.05, 0) is 43.2 Å². The standard InChI is InChI=1S/C14H17ClN4S/c1-8(15)13-16-12-9(2)17-18(4)14(12)19(13)10(3)11-5-6-20-7-11/h5-8,10H,1-4H3. The van der Waals surface area contributed by atoms with Crippen LogP contribution in [-0.2, 0) is 7.05 Å². The molecule has 2 atom stereocenters. The van der Waals surface area contributed by atoms with Crippen LogP contribution in [0, 0.1) is 6.92 Å². The SMILES string of the molecule is Cc1nn(C)c2c1nc(C(C)Cl)n2C(C)c1ccsc1. The lowest BCUT2D eigenvalue weighted by Gasteiger charge is -2.18. The van der Waals surface area contributed by atoms with Gasteiger partial charge in [0.1, 0.15) is 11.3 Å². The van der Waals surface area contributed by atoms with Crippen molar-refractivity contribution in [2.45, 2.75) is 32.2 Å². The normalized spacial score (nSPS) is 14.8. The number of aromatic nitrogens is 4. The van der Waals surface area contributed by atoms with E-state index < -0.39 is 0 Å². The van der Waals surface area contributed by atoms with Gasteiger partial charge in [0, 0.05) is 7.05 Å². The van der Waals surface area contributed by atoms with Crippen LogP contribution in [0.25, 0.3) is 11.2 Å². The third-order valence-electron chi connectivity index (χ3n) is 3.63. The number of halogens is 1. The maximum Gasteiger partial charge on any atom is 0.159 e. The Kier molecular flexibility index (Phi) is 3.34. The van der Waals surface area contributed by atoms with Gasteiger partial charge in [0.05, 0.1) is 17.1 Å². The van der Waals surface area contributed by atoms with Crippen LogP contribution in [0.2, 0.25) is 0 Å². The smallest absolute Gasteiger partial charge is 0.159 e. The molecule has 0 N–H and O–H groups in total. The monoisotopic (exact) mass is 308 g/mol. The van der Waals surface area contributed by atoms with Crippen LogP contribution in [0.4, 0.5) is 0 Å². The Morgan fingerprint density at radius 1 is 1.35 bits per heavy atom. The van der Waals surface area contributed by atoms with Gasteiger partial charge in [0.25, 0.3) is 0 Å². The lowest BCUT2D eigenvalue weighted by molar-refractivity contribution is 0.596. The van der Waals surface area contributed by atoms with Gasteiger partial charge < -0.3 is 4.57 Å². The quantitative estimate of drug-likeness (QED) is 0.684. The minimum absolute atomic E-state index is 0.136. The van der Waals surface area contributed by atoms with E-state index >= 15 is 0 Å². The van der Waals surface area contributed by atoms with E-state index in [4.69, 9.17) is 16.6 Å². The van der Waals surface area contributed by atoms with Crippen molar-refractivity contribution in [1.82, 2.24) is 19.3 Å². The Morgan fingerprint density at radius 2 is 2.10 bits per heavy atom. The molecule has 0 saturated heterocycles. The third-order valence-corrected chi connectivity index (χ3v) is 4.53. The molecule has 0 amide bonds. The van der Waals surface area contributed by atoms with Crippen LogP contribution in [0.1, 0.15) is 42.3 Å². The highest BCUT2D eigenvalue weighted by molar-refractivity contribution is 7.07. The number of rotatable bonds is 3. The van der Waals surface area contributed by atoms with Gasteiger partial charge >= 0.3 is 0 Å². The molecule has 3 heterocycles. The lowest BCUT2D eigenvalue weighted by Crippen LogP contribution is -2.13. The maximum absolute atomic E-state index is 6.34. The molecule has 0 spiro atoms. The summed E-state index contributed by atoms with van der Waals surface area (Å²) in [4.78, 5) is 4.71. The first-order valence-electron chi connectivity index (χ1n) is 6.58. The minimum atomic E-state index is -0.136. The van der Waals surface area contributed by atoms with Crippen molar-refractivity contribution < 1.29 is 0 Å². The predicted molar refractivity (Wildman–Crippen MR) is 83.6 cm³/mol. The van der Waals surface area contributed by atoms with Gasteiger partial charge in [0.15, 0.2) is 5.65 Å². The van der Waals surface area contributed by atoms with E-state index in [1.54, 1.807) is 11.3 Å². The Labute approximate surface area is 127 Å². The van der Waals surface area contributed by atoms with Crippen LogP contribution < -0.4 is 0 Å². The predicted octanol–water partition coefficient (Wildman–Crippen LogP) is 4.05. The number of hydrogen-bond donors (Lipinski definition) is 0. The Hall–Kier alpha value is -1.33. The van der Waals surface area contributed by atoms with Crippen LogP contribution >= 0.6 is 22.9 Å². The van der Waals surface area contributed by atoms with E-state index in [-0.39, 0.29) is 11.4 Å². The first-order chi connectivity index (χ1) is 9.50. The molecule has 0 bridgehead atoms. The molecule has 3 aromatic heterocycles. The second-order valence-corrected chi connectivity index (χ2v) is 6.50. The molecule has 2 unspecified atom stereocenters. The number of imidazole rings is 1. The Bertz CT molecular complexity index is 739. The molecule has 3 aromatic rings. The molecule has 106 valence electrons. The first-order valence-corrected chi connectivity index (χ1v) is 7.96. The van der Waals surface area contributed by atoms with Crippen LogP contribution in [0.5, 0.6) is 0 Å². The highest BCUT2D eigenvalue weighted by Crippen LogP contribution is 2.32. The van der Waals surface area contributed by atoms with Crippen LogP contribution in [0.15, 0.2) is 16.8 Å². The van der Waals surface area contributed by atoms with Gasteiger partial charge in [-0.15, -0.1) is 11.6 Å². The second-order valence-electron chi connectivity index (χ2n) is 5.07. The zero-order valence-electron chi connectivity index (χ0n) is 12.0. The minimum Gasteiger partial charge on any atom is -0.304 e. The van der Waals surface area contributed by atoms with Crippen LogP contribution in [0.3, 0.4) is 0 Å². The van der Waals surface area contributed by atoms with E-state index in [9.17, 15) is 0 Å². The number of fused-ring (bicyclic) bond motifs is 1. The lowest BCUT2D eigenvalue weighted by atomic mass is 10.2. The Balaban J connectivity index is 2.28. The molecule has 4 nitrogen and oxygen atoms in total. The number of nitrogens with zero attached hydrogens (tertiary/aromatic N) is 4. The fraction of sp³-hybridized carbons (Fsp3) is 0.429. The highest BCUT2D eigenvalue weighted by Gasteiger charge is 2.24. The van der Waals surface area contributed by atoms with Crippen molar-refractivity contribution in [3.05, 3.63) is 33.9 Å². The fourth-order valence-corrected chi connectivity index (χ4v) is 3.54. The number of aryl methyl sites for hydroxylation is 2. The van der Waals surface area contributed by atoms with Crippen molar-refractivity contribution in [3.8, 4) is 0 Å². The summed E-state index contributed by atoms with van der Waals surface area (Å²) in [5.74, 6) is 0.900. The van der Waals surface area contributed by atoms with E-state index in [0.29, 0.717) is 0 Å². The van der Waals surface area contributed by atoms with Gasteiger partial charge in [-0.25, -0.2) is 4.98 Å². The second kappa shape index (κ2) is 4.90. The van der Waals surface area contributed by atoms with Crippen molar-refractivity contribution in [2.24, 2.45) is 7.05 Å². The largest absolute Gasteiger partial charge is 0.304 e. The van der Waals surface area contributed by atoms with E-state index in [1.165, 1.54) is 5.56 Å². The van der Waals surface area contributed by atoms with Crippen molar-refractivity contribution in [1.29, 1.82) is 0 Å². The maximum atomic E-state index is 6.34. The van der Waals surface area contributed by atoms with Gasteiger partial charge in [-0.2, -0.15) is 16.4 Å². The van der Waals surface area contributed by atoms with E-state index in [1.807, 2.05) is 25.6 Å². The molecule has 3 rings (SSSR count). The average Bonchev–Trinajstić information content (AvgIpc) is 3.08. The van der Waals surface area contributed by atoms with Crippen molar-refractivity contribution in [3.63, 3.8) is 0 Å². The van der Waals surface area contributed by atoms with Crippen molar-refractivity contribution >= 4 is 34.1 Å². The summed E-state index contributed by atoms with van der Waals surface area (Å²) >= 11 is 8.04. The molecular formula is C14H17ClN4S. The molecule has 0 aliphatic rings. The van der Waals surface area contributed by atoms with Crippen molar-refractivity contribution in [2.75, 3.05) is 0 Å². The molecule has 0 radical (unpaired) electrons. The highest BCUT2D eigenvalue weighted by atomic mass is 35.5. The number of thiophene rings is 1. The molecule has 0 fully saturated rings. The van der Waals surface area contributed by atoms with Crippen LogP contribution in [-0.4, -0.2) is 19.3 Å². The summed E-state index contributed by atoms with van der Waals surface area (Å²) in [5, 5.41) is 8.60. The molecule has 0 aliphatic heterocycles. The molecule has 6 heteroatoms.